The number of hydrogen-bond acceptors (Lipinski definition) is 7. The lowest BCUT2D eigenvalue weighted by Crippen LogP contribution is -2.57. The van der Waals surface area contributed by atoms with Crippen LogP contribution in [0.5, 0.6) is 5.88 Å². The molecule has 2 aromatic carbocycles. The molecule has 15 heteroatoms. The first-order valence-electron chi connectivity index (χ1n) is 14.7. The molecule has 3 aromatic rings. The van der Waals surface area contributed by atoms with E-state index in [9.17, 15) is 31.9 Å². The van der Waals surface area contributed by atoms with Gasteiger partial charge in [-0.2, -0.15) is 4.31 Å². The summed E-state index contributed by atoms with van der Waals surface area (Å²) in [6, 6.07) is 7.98. The van der Waals surface area contributed by atoms with Crippen LogP contribution in [0.15, 0.2) is 54.7 Å². The van der Waals surface area contributed by atoms with Crippen LogP contribution in [0.2, 0.25) is 0 Å². The Morgan fingerprint density at radius 3 is 2.59 bits per heavy atom. The molecule has 2 bridgehead atoms. The van der Waals surface area contributed by atoms with Crippen LogP contribution < -0.4 is 20.7 Å². The Morgan fingerprint density at radius 2 is 1.89 bits per heavy atom. The highest BCUT2D eigenvalue weighted by Gasteiger charge is 2.38. The van der Waals surface area contributed by atoms with Gasteiger partial charge < -0.3 is 25.8 Å². The van der Waals surface area contributed by atoms with Gasteiger partial charge in [-0.1, -0.05) is 18.2 Å². The van der Waals surface area contributed by atoms with Gasteiger partial charge in [0.15, 0.2) is 11.6 Å². The Balaban J connectivity index is 1.44. The molecule has 2 aliphatic rings. The number of nitrogens with one attached hydrogen (secondary N) is 3. The minimum absolute atomic E-state index is 0.0451. The molecule has 1 aromatic heterocycles. The second-order valence-electron chi connectivity index (χ2n) is 11.3. The number of amides is 2. The number of benzene rings is 2. The Hall–Kier alpha value is -4.21. The first kappa shape index (κ1) is 33.2. The Labute approximate surface area is 264 Å². The number of carboxylic acid groups (broad SMARTS) is 1. The van der Waals surface area contributed by atoms with E-state index in [2.05, 4.69) is 20.9 Å². The van der Waals surface area contributed by atoms with Gasteiger partial charge in [0.2, 0.25) is 21.8 Å². The zero-order valence-corrected chi connectivity index (χ0v) is 25.7. The molecule has 2 fully saturated rings. The van der Waals surface area contributed by atoms with E-state index in [1.807, 2.05) is 0 Å². The fourth-order valence-corrected chi connectivity index (χ4v) is 7.92. The summed E-state index contributed by atoms with van der Waals surface area (Å²) in [4.78, 5) is 29.9. The molecule has 0 aliphatic carbocycles. The van der Waals surface area contributed by atoms with Crippen LogP contribution in [0.1, 0.15) is 41.9 Å². The van der Waals surface area contributed by atoms with Crippen LogP contribution in [0.25, 0.3) is 0 Å². The third kappa shape index (κ3) is 7.43. The highest BCUT2D eigenvalue weighted by Crippen LogP contribution is 2.32. The summed E-state index contributed by atoms with van der Waals surface area (Å²) in [5, 5.41) is 17.9. The van der Waals surface area contributed by atoms with Gasteiger partial charge >= 0.3 is 6.09 Å². The average molecular weight is 662 g/mol. The topological polar surface area (TPSA) is 150 Å². The Bertz CT molecular complexity index is 1690. The molecule has 2 saturated heterocycles. The van der Waals surface area contributed by atoms with E-state index in [4.69, 9.17) is 4.74 Å². The van der Waals surface area contributed by atoms with E-state index in [-0.39, 0.29) is 52.9 Å². The number of piperazine rings is 1. The molecule has 5 rings (SSSR count). The number of aromatic nitrogens is 1. The van der Waals surface area contributed by atoms with Gasteiger partial charge in [0.25, 0.3) is 0 Å². The fourth-order valence-electron chi connectivity index (χ4n) is 6.11. The number of hydrogen-bond donors (Lipinski definition) is 4. The van der Waals surface area contributed by atoms with Crippen molar-refractivity contribution in [3.05, 3.63) is 88.9 Å². The van der Waals surface area contributed by atoms with Crippen LogP contribution in [0.3, 0.4) is 0 Å². The third-order valence-corrected chi connectivity index (χ3v) is 10.4. The minimum atomic E-state index is -3.48. The van der Waals surface area contributed by atoms with Gasteiger partial charge in [-0.25, -0.2) is 31.4 Å². The standard InChI is InChI=1S/C31H34F3N5O6S/c1-45-27-12-8-19(15-36-27)28(18-7-11-24(33)25(34)14-18)29(38-31(41)42)30(40)37-26-6-2-5-23(32)22(26)10-9-21-16-35-20-4-3-13-46(43,44)39(21)17-20/h2,5-8,11-12,14-15,20-21,28-29,35,38H,3-4,9-10,13,16-17H2,1H3,(H,37,40)(H,41,42). The summed E-state index contributed by atoms with van der Waals surface area (Å²) in [6.07, 6.45) is 1.37. The molecule has 5 atom stereocenters. The van der Waals surface area contributed by atoms with E-state index in [1.165, 1.54) is 54.0 Å². The largest absolute Gasteiger partial charge is 0.481 e. The Kier molecular flexibility index (Phi) is 10.1. The van der Waals surface area contributed by atoms with E-state index in [0.29, 0.717) is 19.5 Å². The molecule has 0 spiro atoms. The quantitative estimate of drug-likeness (QED) is 0.258. The number of pyridine rings is 1. The first-order chi connectivity index (χ1) is 22.0. The molecule has 4 N–H and O–H groups in total. The van der Waals surface area contributed by atoms with Crippen molar-refractivity contribution < 1.29 is 41.0 Å². The second-order valence-corrected chi connectivity index (χ2v) is 13.3. The lowest BCUT2D eigenvalue weighted by atomic mass is 9.85. The van der Waals surface area contributed by atoms with Gasteiger partial charge in [0.1, 0.15) is 11.9 Å². The molecule has 5 unspecified atom stereocenters. The van der Waals surface area contributed by atoms with Crippen LogP contribution in [0, 0.1) is 17.5 Å². The van der Waals surface area contributed by atoms with Crippen LogP contribution >= 0.6 is 0 Å². The van der Waals surface area contributed by atoms with Crippen molar-refractivity contribution in [1.82, 2.24) is 19.9 Å². The first-order valence-corrected chi connectivity index (χ1v) is 16.3. The molecule has 0 radical (unpaired) electrons. The molecular formula is C31H34F3N5O6S. The summed E-state index contributed by atoms with van der Waals surface area (Å²) in [5.41, 5.74) is 0.511. The monoisotopic (exact) mass is 661 g/mol. The predicted molar refractivity (Wildman–Crippen MR) is 163 cm³/mol. The summed E-state index contributed by atoms with van der Waals surface area (Å²) in [6.45, 7) is 0.735. The van der Waals surface area contributed by atoms with Gasteiger partial charge in [0, 0.05) is 54.6 Å². The maximum absolute atomic E-state index is 15.3. The zero-order chi connectivity index (χ0) is 33.0. The Morgan fingerprint density at radius 1 is 1.11 bits per heavy atom. The number of carbonyl (C=O) groups is 2. The maximum Gasteiger partial charge on any atom is 0.405 e. The number of methoxy groups -OCH3 is 1. The highest BCUT2D eigenvalue weighted by atomic mass is 32.2. The van der Waals surface area contributed by atoms with E-state index >= 15 is 4.39 Å². The van der Waals surface area contributed by atoms with Gasteiger partial charge in [-0.15, -0.1) is 0 Å². The van der Waals surface area contributed by atoms with Crippen molar-refractivity contribution in [2.75, 3.05) is 31.3 Å². The molecule has 46 heavy (non-hydrogen) atoms. The SMILES string of the molecule is COc1ccc(C(c2ccc(F)c(F)c2)C(NC(=O)O)C(=O)Nc2cccc(F)c2CCC2CNC3CCCS(=O)(=O)N2C3)cn1. The molecule has 2 aliphatic heterocycles. The molecule has 246 valence electrons. The lowest BCUT2D eigenvalue weighted by Gasteiger charge is -2.37. The van der Waals surface area contributed by atoms with Crippen LogP contribution in [-0.4, -0.2) is 78.9 Å². The molecule has 11 nitrogen and oxygen atoms in total. The highest BCUT2D eigenvalue weighted by molar-refractivity contribution is 7.89. The van der Waals surface area contributed by atoms with Gasteiger partial charge in [-0.3, -0.25) is 4.79 Å². The number of nitrogens with zero attached hydrogens (tertiary/aromatic N) is 2. The average Bonchev–Trinajstić information content (AvgIpc) is 3.14. The van der Waals surface area contributed by atoms with Crippen molar-refractivity contribution in [2.24, 2.45) is 0 Å². The summed E-state index contributed by atoms with van der Waals surface area (Å²) >= 11 is 0. The van der Waals surface area contributed by atoms with Crippen molar-refractivity contribution in [3.63, 3.8) is 0 Å². The van der Waals surface area contributed by atoms with Crippen molar-refractivity contribution in [1.29, 1.82) is 0 Å². The van der Waals surface area contributed by atoms with E-state index in [0.717, 1.165) is 18.6 Å². The van der Waals surface area contributed by atoms with E-state index < -0.39 is 57.5 Å². The maximum atomic E-state index is 15.3. The van der Waals surface area contributed by atoms with Crippen LogP contribution in [-0.2, 0) is 21.2 Å². The van der Waals surface area contributed by atoms with Gasteiger partial charge in [0.05, 0.1) is 12.9 Å². The molecule has 3 heterocycles. The number of ether oxygens (including phenoxy) is 1. The number of halogens is 3. The van der Waals surface area contributed by atoms with Crippen LogP contribution in [0.4, 0.5) is 23.7 Å². The molecule has 0 saturated carbocycles. The van der Waals surface area contributed by atoms with Crippen molar-refractivity contribution in [2.45, 2.75) is 49.7 Å². The predicted octanol–water partition coefficient (Wildman–Crippen LogP) is 3.61. The van der Waals surface area contributed by atoms with Crippen molar-refractivity contribution in [3.8, 4) is 5.88 Å². The fraction of sp³-hybridized carbons (Fsp3) is 0.387. The normalized spacial score (nSPS) is 21.8. The van der Waals surface area contributed by atoms with E-state index in [1.54, 1.807) is 0 Å². The second kappa shape index (κ2) is 14.1. The zero-order valence-electron chi connectivity index (χ0n) is 24.9. The van der Waals surface area contributed by atoms with Crippen molar-refractivity contribution >= 4 is 27.7 Å². The number of fused-ring (bicyclic) bond motifs is 2. The minimum Gasteiger partial charge on any atom is -0.481 e. The molecular weight excluding hydrogens is 627 g/mol. The number of anilines is 1. The third-order valence-electron chi connectivity index (χ3n) is 8.39. The number of sulfonamides is 1. The van der Waals surface area contributed by atoms with Gasteiger partial charge in [-0.05, 0) is 61.1 Å². The smallest absolute Gasteiger partial charge is 0.405 e. The number of rotatable bonds is 10. The summed E-state index contributed by atoms with van der Waals surface area (Å²) in [5.74, 6) is -4.82. The number of carbonyl (C=O) groups excluding carboxylic acids is 1. The molecule has 2 amide bonds. The lowest BCUT2D eigenvalue weighted by molar-refractivity contribution is -0.118. The summed E-state index contributed by atoms with van der Waals surface area (Å²) < 4.78 is 75.9. The summed E-state index contributed by atoms with van der Waals surface area (Å²) in [7, 11) is -2.09.